The highest BCUT2D eigenvalue weighted by molar-refractivity contribution is 6.02. The SMILES string of the molecule is CCOc1ccccc1N1CCN(c2ccc(NC(=O)C(C)(C)C)c(C(=O)O)c2)CC1. The predicted octanol–water partition coefficient (Wildman–Crippen LogP) is 4.09. The number of benzene rings is 2. The van der Waals surface area contributed by atoms with Gasteiger partial charge in [-0.25, -0.2) is 4.79 Å². The summed E-state index contributed by atoms with van der Waals surface area (Å²) in [4.78, 5) is 28.6. The summed E-state index contributed by atoms with van der Waals surface area (Å²) in [6, 6.07) is 13.2. The van der Waals surface area contributed by atoms with Gasteiger partial charge < -0.3 is 25.0 Å². The maximum atomic E-state index is 12.3. The molecule has 0 atom stereocenters. The van der Waals surface area contributed by atoms with Crippen LogP contribution in [-0.2, 0) is 4.79 Å². The van der Waals surface area contributed by atoms with E-state index < -0.39 is 11.4 Å². The lowest BCUT2D eigenvalue weighted by atomic mass is 9.95. The molecule has 0 bridgehead atoms. The number of carboxylic acid groups (broad SMARTS) is 1. The number of carbonyl (C=O) groups is 2. The fourth-order valence-electron chi connectivity index (χ4n) is 3.53. The largest absolute Gasteiger partial charge is 0.492 e. The molecule has 0 aromatic heterocycles. The van der Waals surface area contributed by atoms with Gasteiger partial charge in [-0.2, -0.15) is 0 Å². The second-order valence-corrected chi connectivity index (χ2v) is 8.61. The van der Waals surface area contributed by atoms with E-state index in [0.717, 1.165) is 43.3 Å². The molecule has 0 radical (unpaired) electrons. The molecule has 2 aromatic rings. The number of anilines is 3. The number of nitrogens with one attached hydrogen (secondary N) is 1. The van der Waals surface area contributed by atoms with Gasteiger partial charge in [-0.15, -0.1) is 0 Å². The van der Waals surface area contributed by atoms with Crippen LogP contribution in [0.1, 0.15) is 38.1 Å². The maximum Gasteiger partial charge on any atom is 0.337 e. The number of para-hydroxylation sites is 2. The average molecular weight is 426 g/mol. The van der Waals surface area contributed by atoms with Gasteiger partial charge in [-0.1, -0.05) is 32.9 Å². The summed E-state index contributed by atoms with van der Waals surface area (Å²) in [5.74, 6) is -0.398. The molecule has 2 aromatic carbocycles. The summed E-state index contributed by atoms with van der Waals surface area (Å²) in [6.07, 6.45) is 0. The topological polar surface area (TPSA) is 82.1 Å². The van der Waals surface area contributed by atoms with Crippen molar-refractivity contribution in [3.05, 3.63) is 48.0 Å². The molecule has 7 nitrogen and oxygen atoms in total. The molecule has 1 aliphatic heterocycles. The summed E-state index contributed by atoms with van der Waals surface area (Å²) in [5.41, 5.74) is 1.72. The molecule has 1 heterocycles. The highest BCUT2D eigenvalue weighted by Crippen LogP contribution is 2.31. The van der Waals surface area contributed by atoms with Crippen molar-refractivity contribution in [1.29, 1.82) is 0 Å². The molecule has 1 aliphatic rings. The molecule has 1 saturated heterocycles. The summed E-state index contributed by atoms with van der Waals surface area (Å²) >= 11 is 0. The van der Waals surface area contributed by atoms with Crippen LogP contribution in [0.15, 0.2) is 42.5 Å². The van der Waals surface area contributed by atoms with E-state index in [0.29, 0.717) is 12.3 Å². The Labute approximate surface area is 183 Å². The maximum absolute atomic E-state index is 12.3. The fraction of sp³-hybridized carbons (Fsp3) is 0.417. The van der Waals surface area contributed by atoms with Gasteiger partial charge in [-0.3, -0.25) is 4.79 Å². The van der Waals surface area contributed by atoms with Gasteiger partial charge in [0.25, 0.3) is 0 Å². The van der Waals surface area contributed by atoms with Crippen molar-refractivity contribution in [2.45, 2.75) is 27.7 Å². The quantitative estimate of drug-likeness (QED) is 0.725. The first-order valence-corrected chi connectivity index (χ1v) is 10.6. The van der Waals surface area contributed by atoms with Crippen molar-refractivity contribution >= 4 is 28.9 Å². The standard InChI is InChI=1S/C24H31N3O4/c1-5-31-21-9-7-6-8-20(21)27-14-12-26(13-15-27)17-10-11-19(18(16-17)22(28)29)25-23(30)24(2,3)4/h6-11,16H,5,12-15H2,1-4H3,(H,25,30)(H,28,29). The minimum atomic E-state index is -1.06. The van der Waals surface area contributed by atoms with Crippen LogP contribution in [0.4, 0.5) is 17.1 Å². The van der Waals surface area contributed by atoms with E-state index >= 15 is 0 Å². The number of aromatic carboxylic acids is 1. The zero-order chi connectivity index (χ0) is 22.6. The zero-order valence-electron chi connectivity index (χ0n) is 18.6. The number of rotatable bonds is 6. The normalized spacial score (nSPS) is 14.3. The molecule has 0 aliphatic carbocycles. The summed E-state index contributed by atoms with van der Waals surface area (Å²) in [6.45, 7) is 11.1. The second-order valence-electron chi connectivity index (χ2n) is 8.61. The van der Waals surface area contributed by atoms with Crippen LogP contribution in [0.3, 0.4) is 0 Å². The first-order chi connectivity index (χ1) is 14.7. The Kier molecular flexibility index (Phi) is 6.73. The lowest BCUT2D eigenvalue weighted by Gasteiger charge is -2.38. The third-order valence-electron chi connectivity index (χ3n) is 5.31. The number of piperazine rings is 1. The molecule has 166 valence electrons. The van der Waals surface area contributed by atoms with Gasteiger partial charge in [0.2, 0.25) is 5.91 Å². The second kappa shape index (κ2) is 9.29. The molecule has 0 spiro atoms. The molecular weight excluding hydrogens is 394 g/mol. The number of nitrogens with zero attached hydrogens (tertiary/aromatic N) is 2. The molecular formula is C24H31N3O4. The molecule has 1 fully saturated rings. The van der Waals surface area contributed by atoms with Crippen molar-refractivity contribution < 1.29 is 19.4 Å². The van der Waals surface area contributed by atoms with Gasteiger partial charge in [0.1, 0.15) is 5.75 Å². The number of hydrogen-bond acceptors (Lipinski definition) is 5. The van der Waals surface area contributed by atoms with Crippen molar-refractivity contribution in [1.82, 2.24) is 0 Å². The fourth-order valence-corrected chi connectivity index (χ4v) is 3.53. The third-order valence-corrected chi connectivity index (χ3v) is 5.31. The van der Waals surface area contributed by atoms with Crippen LogP contribution in [0.2, 0.25) is 0 Å². The van der Waals surface area contributed by atoms with Gasteiger partial charge in [0, 0.05) is 37.3 Å². The molecule has 0 saturated carbocycles. The van der Waals surface area contributed by atoms with Crippen LogP contribution in [0.25, 0.3) is 0 Å². The van der Waals surface area contributed by atoms with Crippen LogP contribution >= 0.6 is 0 Å². The smallest absolute Gasteiger partial charge is 0.337 e. The average Bonchev–Trinajstić information content (AvgIpc) is 2.74. The summed E-state index contributed by atoms with van der Waals surface area (Å²) < 4.78 is 5.76. The molecule has 7 heteroatoms. The van der Waals surface area contributed by atoms with E-state index in [1.807, 2.05) is 31.2 Å². The predicted molar refractivity (Wildman–Crippen MR) is 124 cm³/mol. The van der Waals surface area contributed by atoms with E-state index in [4.69, 9.17) is 4.74 Å². The summed E-state index contributed by atoms with van der Waals surface area (Å²) in [5, 5.41) is 12.4. The third kappa shape index (κ3) is 5.29. The Morgan fingerprint density at radius 1 is 1.03 bits per heavy atom. The lowest BCUT2D eigenvalue weighted by Crippen LogP contribution is -2.46. The molecule has 2 N–H and O–H groups in total. The monoisotopic (exact) mass is 425 g/mol. The van der Waals surface area contributed by atoms with Crippen molar-refractivity contribution in [3.8, 4) is 5.75 Å². The number of carboxylic acids is 1. The Morgan fingerprint density at radius 3 is 2.29 bits per heavy atom. The van der Waals surface area contributed by atoms with Crippen molar-refractivity contribution in [3.63, 3.8) is 0 Å². The Morgan fingerprint density at radius 2 is 1.68 bits per heavy atom. The lowest BCUT2D eigenvalue weighted by molar-refractivity contribution is -0.123. The Hall–Kier alpha value is -3.22. The van der Waals surface area contributed by atoms with E-state index in [-0.39, 0.29) is 11.5 Å². The van der Waals surface area contributed by atoms with E-state index in [1.165, 1.54) is 0 Å². The van der Waals surface area contributed by atoms with Crippen LogP contribution < -0.4 is 19.9 Å². The van der Waals surface area contributed by atoms with E-state index in [2.05, 4.69) is 21.2 Å². The van der Waals surface area contributed by atoms with Crippen molar-refractivity contribution in [2.24, 2.45) is 5.41 Å². The number of amides is 1. The van der Waals surface area contributed by atoms with Gasteiger partial charge in [-0.05, 0) is 37.3 Å². The van der Waals surface area contributed by atoms with Crippen molar-refractivity contribution in [2.75, 3.05) is 47.9 Å². The highest BCUT2D eigenvalue weighted by atomic mass is 16.5. The van der Waals surface area contributed by atoms with Crippen LogP contribution in [-0.4, -0.2) is 49.8 Å². The van der Waals surface area contributed by atoms with E-state index in [9.17, 15) is 14.7 Å². The Balaban J connectivity index is 1.74. The first-order valence-electron chi connectivity index (χ1n) is 10.6. The van der Waals surface area contributed by atoms with Crippen LogP contribution in [0, 0.1) is 5.41 Å². The number of carbonyl (C=O) groups excluding carboxylic acids is 1. The van der Waals surface area contributed by atoms with Gasteiger partial charge in [0.15, 0.2) is 0 Å². The molecule has 0 unspecified atom stereocenters. The number of hydrogen-bond donors (Lipinski definition) is 2. The molecule has 1 amide bonds. The zero-order valence-corrected chi connectivity index (χ0v) is 18.6. The summed E-state index contributed by atoms with van der Waals surface area (Å²) in [7, 11) is 0. The van der Waals surface area contributed by atoms with Gasteiger partial charge in [0.05, 0.1) is 23.5 Å². The van der Waals surface area contributed by atoms with Gasteiger partial charge >= 0.3 is 5.97 Å². The number of ether oxygens (including phenoxy) is 1. The van der Waals surface area contributed by atoms with Crippen LogP contribution in [0.5, 0.6) is 5.75 Å². The first kappa shape index (κ1) is 22.5. The minimum Gasteiger partial charge on any atom is -0.492 e. The van der Waals surface area contributed by atoms with E-state index in [1.54, 1.807) is 32.9 Å². The molecule has 3 rings (SSSR count). The molecule has 31 heavy (non-hydrogen) atoms. The highest BCUT2D eigenvalue weighted by Gasteiger charge is 2.25. The minimum absolute atomic E-state index is 0.0965. The Bertz CT molecular complexity index is 944.